The Bertz CT molecular complexity index is 1270. The van der Waals surface area contributed by atoms with Crippen molar-refractivity contribution >= 4 is 38.6 Å². The standard InChI is InChI=1S/C23H24N4O5S2/c28-23(17-5-4-8-20(15-17)27(29)30)24-16-21-9-10-22(33-21)34(31,32)26-13-11-19(12-14-26)25-18-6-2-1-3-7-18/h1-10,15,19,25H,11-14,16H2,(H,24,28). The highest BCUT2D eigenvalue weighted by Gasteiger charge is 2.30. The molecule has 1 fully saturated rings. The van der Waals surface area contributed by atoms with Crippen molar-refractivity contribution < 1.29 is 18.1 Å². The molecule has 1 saturated heterocycles. The number of carbonyl (C=O) groups is 1. The average Bonchev–Trinajstić information content (AvgIpc) is 3.34. The predicted molar refractivity (Wildman–Crippen MR) is 130 cm³/mol. The van der Waals surface area contributed by atoms with Crippen LogP contribution in [0.5, 0.6) is 0 Å². The van der Waals surface area contributed by atoms with Gasteiger partial charge in [-0.1, -0.05) is 24.3 Å². The number of nitro benzene ring substituents is 1. The van der Waals surface area contributed by atoms with E-state index in [4.69, 9.17) is 0 Å². The van der Waals surface area contributed by atoms with Gasteiger partial charge < -0.3 is 10.6 Å². The SMILES string of the molecule is O=C(NCc1ccc(S(=O)(=O)N2CCC(Nc3ccccc3)CC2)s1)c1cccc([N+](=O)[O-])c1. The number of hydrogen-bond donors (Lipinski definition) is 2. The largest absolute Gasteiger partial charge is 0.382 e. The number of hydrogen-bond acceptors (Lipinski definition) is 7. The Labute approximate surface area is 201 Å². The van der Waals surface area contributed by atoms with Crippen LogP contribution in [0.4, 0.5) is 11.4 Å². The van der Waals surface area contributed by atoms with Gasteiger partial charge in [-0.15, -0.1) is 11.3 Å². The first-order valence-corrected chi connectivity index (χ1v) is 13.0. The number of para-hydroxylation sites is 1. The van der Waals surface area contributed by atoms with Gasteiger partial charge in [0.2, 0.25) is 0 Å². The first-order valence-electron chi connectivity index (χ1n) is 10.8. The number of nitrogens with one attached hydrogen (secondary N) is 2. The molecule has 2 aromatic carbocycles. The zero-order chi connectivity index (χ0) is 24.1. The molecular formula is C23H24N4O5S2. The van der Waals surface area contributed by atoms with E-state index < -0.39 is 20.9 Å². The summed E-state index contributed by atoms with van der Waals surface area (Å²) in [6.45, 7) is 0.998. The van der Waals surface area contributed by atoms with Crippen molar-refractivity contribution in [3.63, 3.8) is 0 Å². The molecular weight excluding hydrogens is 476 g/mol. The lowest BCUT2D eigenvalue weighted by Gasteiger charge is -2.31. The number of amides is 1. The van der Waals surface area contributed by atoms with Gasteiger partial charge in [-0.25, -0.2) is 8.42 Å². The maximum Gasteiger partial charge on any atom is 0.270 e. The summed E-state index contributed by atoms with van der Waals surface area (Å²) in [4.78, 5) is 23.4. The third-order valence-corrected chi connectivity index (χ3v) is 9.02. The second-order valence-electron chi connectivity index (χ2n) is 7.90. The Morgan fingerprint density at radius 2 is 1.79 bits per heavy atom. The molecule has 0 unspecified atom stereocenters. The van der Waals surface area contributed by atoms with Crippen molar-refractivity contribution in [2.45, 2.75) is 29.6 Å². The van der Waals surface area contributed by atoms with Crippen LogP contribution in [0, 0.1) is 10.1 Å². The zero-order valence-corrected chi connectivity index (χ0v) is 19.8. The van der Waals surface area contributed by atoms with Crippen molar-refractivity contribution in [1.82, 2.24) is 9.62 Å². The van der Waals surface area contributed by atoms with E-state index >= 15 is 0 Å². The Hall–Kier alpha value is -3.28. The van der Waals surface area contributed by atoms with Gasteiger partial charge >= 0.3 is 0 Å². The van der Waals surface area contributed by atoms with Crippen molar-refractivity contribution in [3.05, 3.63) is 87.3 Å². The monoisotopic (exact) mass is 500 g/mol. The molecule has 1 aliphatic rings. The molecule has 2 N–H and O–H groups in total. The van der Waals surface area contributed by atoms with E-state index in [2.05, 4.69) is 10.6 Å². The summed E-state index contributed by atoms with van der Waals surface area (Å²) < 4.78 is 27.9. The summed E-state index contributed by atoms with van der Waals surface area (Å²) in [6.07, 6.45) is 1.43. The van der Waals surface area contributed by atoms with Crippen molar-refractivity contribution in [2.75, 3.05) is 18.4 Å². The van der Waals surface area contributed by atoms with E-state index in [0.717, 1.165) is 17.0 Å². The van der Waals surface area contributed by atoms with Gasteiger partial charge in [0.15, 0.2) is 0 Å². The van der Waals surface area contributed by atoms with Gasteiger partial charge in [0.05, 0.1) is 11.5 Å². The summed E-state index contributed by atoms with van der Waals surface area (Å²) in [7, 11) is -3.61. The quantitative estimate of drug-likeness (QED) is 0.358. The van der Waals surface area contributed by atoms with Crippen LogP contribution in [-0.2, 0) is 16.6 Å². The second kappa shape index (κ2) is 10.3. The van der Waals surface area contributed by atoms with E-state index in [-0.39, 0.29) is 28.0 Å². The molecule has 1 aromatic heterocycles. The van der Waals surface area contributed by atoms with E-state index in [9.17, 15) is 23.3 Å². The molecule has 0 aliphatic carbocycles. The number of nitro groups is 1. The van der Waals surface area contributed by atoms with Crippen molar-refractivity contribution in [3.8, 4) is 0 Å². The fourth-order valence-electron chi connectivity index (χ4n) is 3.76. The highest BCUT2D eigenvalue weighted by molar-refractivity contribution is 7.91. The smallest absolute Gasteiger partial charge is 0.270 e. The van der Waals surface area contributed by atoms with E-state index in [0.29, 0.717) is 30.8 Å². The minimum absolute atomic E-state index is 0.130. The zero-order valence-electron chi connectivity index (χ0n) is 18.2. The number of anilines is 1. The minimum Gasteiger partial charge on any atom is -0.382 e. The number of nitrogens with zero attached hydrogens (tertiary/aromatic N) is 2. The molecule has 3 aromatic rings. The first-order chi connectivity index (χ1) is 16.3. The highest BCUT2D eigenvalue weighted by atomic mass is 32.2. The third-order valence-electron chi connectivity index (χ3n) is 5.57. The van der Waals surface area contributed by atoms with Crippen LogP contribution < -0.4 is 10.6 Å². The number of sulfonamides is 1. The van der Waals surface area contributed by atoms with E-state index in [1.807, 2.05) is 30.3 Å². The summed E-state index contributed by atoms with van der Waals surface area (Å²) in [6, 6.07) is 18.8. The van der Waals surface area contributed by atoms with Crippen LogP contribution in [0.2, 0.25) is 0 Å². The number of carbonyl (C=O) groups excluding carboxylic acids is 1. The summed E-state index contributed by atoms with van der Waals surface area (Å²) in [5, 5.41) is 17.0. The van der Waals surface area contributed by atoms with Crippen molar-refractivity contribution in [1.29, 1.82) is 0 Å². The lowest BCUT2D eigenvalue weighted by Crippen LogP contribution is -2.42. The van der Waals surface area contributed by atoms with E-state index in [1.54, 1.807) is 12.1 Å². The van der Waals surface area contributed by atoms with Crippen molar-refractivity contribution in [2.24, 2.45) is 0 Å². The number of rotatable bonds is 8. The summed E-state index contributed by atoms with van der Waals surface area (Å²) in [5.74, 6) is -0.463. The number of piperidine rings is 1. The lowest BCUT2D eigenvalue weighted by atomic mass is 10.1. The Kier molecular flexibility index (Phi) is 7.25. The summed E-state index contributed by atoms with van der Waals surface area (Å²) >= 11 is 1.11. The van der Waals surface area contributed by atoms with Crippen LogP contribution >= 0.6 is 11.3 Å². The molecule has 9 nitrogen and oxygen atoms in total. The molecule has 34 heavy (non-hydrogen) atoms. The Morgan fingerprint density at radius 3 is 2.50 bits per heavy atom. The molecule has 0 spiro atoms. The van der Waals surface area contributed by atoms with Gasteiger partial charge in [0, 0.05) is 47.4 Å². The third kappa shape index (κ3) is 5.61. The molecule has 11 heteroatoms. The predicted octanol–water partition coefficient (Wildman–Crippen LogP) is 3.85. The molecule has 0 radical (unpaired) electrons. The van der Waals surface area contributed by atoms with Crippen LogP contribution in [0.15, 0.2) is 70.9 Å². The number of thiophene rings is 1. The van der Waals surface area contributed by atoms with E-state index in [1.165, 1.54) is 28.6 Å². The molecule has 1 amide bonds. The molecule has 0 saturated carbocycles. The van der Waals surface area contributed by atoms with Crippen LogP contribution in [0.3, 0.4) is 0 Å². The van der Waals surface area contributed by atoms with Gasteiger partial charge in [-0.05, 0) is 43.2 Å². The molecule has 0 atom stereocenters. The Balaban J connectivity index is 1.33. The topological polar surface area (TPSA) is 122 Å². The van der Waals surface area contributed by atoms with Crippen LogP contribution in [0.25, 0.3) is 0 Å². The van der Waals surface area contributed by atoms with Crippen LogP contribution in [-0.4, -0.2) is 42.7 Å². The molecule has 2 heterocycles. The van der Waals surface area contributed by atoms with Gasteiger partial charge in [-0.3, -0.25) is 14.9 Å². The average molecular weight is 501 g/mol. The second-order valence-corrected chi connectivity index (χ2v) is 11.2. The fraction of sp³-hybridized carbons (Fsp3) is 0.261. The van der Waals surface area contributed by atoms with Crippen LogP contribution in [0.1, 0.15) is 28.1 Å². The molecule has 178 valence electrons. The maximum atomic E-state index is 13.1. The lowest BCUT2D eigenvalue weighted by molar-refractivity contribution is -0.384. The van der Waals surface area contributed by atoms with Gasteiger partial charge in [0.1, 0.15) is 4.21 Å². The van der Waals surface area contributed by atoms with Gasteiger partial charge in [0.25, 0.3) is 21.6 Å². The maximum absolute atomic E-state index is 13.1. The Morgan fingerprint density at radius 1 is 1.06 bits per heavy atom. The minimum atomic E-state index is -3.61. The molecule has 1 aliphatic heterocycles. The highest BCUT2D eigenvalue weighted by Crippen LogP contribution is 2.28. The number of non-ortho nitro benzene ring substituents is 1. The summed E-state index contributed by atoms with van der Waals surface area (Å²) in [5.41, 5.74) is 1.03. The first kappa shape index (κ1) is 23.9. The molecule has 4 rings (SSSR count). The fourth-order valence-corrected chi connectivity index (χ4v) is 6.68. The normalized spacial score (nSPS) is 15.1. The number of benzene rings is 2. The molecule has 0 bridgehead atoms. The van der Waals surface area contributed by atoms with Gasteiger partial charge in [-0.2, -0.15) is 4.31 Å².